The Morgan fingerprint density at radius 2 is 2.22 bits per heavy atom. The molecule has 0 spiro atoms. The Morgan fingerprint density at radius 1 is 1.56 bits per heavy atom. The molecular formula is C9H7F3N5O. The van der Waals surface area contributed by atoms with Crippen LogP contribution in [0.3, 0.4) is 0 Å². The maximum Gasteiger partial charge on any atom is 0.435 e. The van der Waals surface area contributed by atoms with Gasteiger partial charge >= 0.3 is 12.2 Å². The standard InChI is InChI=1S/C9H7F3N5O/c1-4-6(9(10,11)12)15-7(14-4)5-2-3-17(16-5)8(13)18/h3H,1H3,(H2,13,18)(H,14,15). The van der Waals surface area contributed by atoms with Crippen LogP contribution in [0.4, 0.5) is 18.0 Å². The van der Waals surface area contributed by atoms with E-state index in [2.05, 4.69) is 21.1 Å². The van der Waals surface area contributed by atoms with Crippen LogP contribution in [-0.4, -0.2) is 25.8 Å². The average molecular weight is 258 g/mol. The van der Waals surface area contributed by atoms with Crippen molar-refractivity contribution in [2.75, 3.05) is 0 Å². The van der Waals surface area contributed by atoms with Crippen molar-refractivity contribution in [1.82, 2.24) is 19.7 Å². The zero-order chi connectivity index (χ0) is 13.5. The van der Waals surface area contributed by atoms with Gasteiger partial charge in [0, 0.05) is 18.0 Å². The number of nitrogens with zero attached hydrogens (tertiary/aromatic N) is 3. The van der Waals surface area contributed by atoms with E-state index in [-0.39, 0.29) is 17.2 Å². The van der Waals surface area contributed by atoms with Crippen LogP contribution >= 0.6 is 0 Å². The lowest BCUT2D eigenvalue weighted by Gasteiger charge is -2.01. The number of aromatic amines is 1. The number of H-pyrrole nitrogens is 1. The molecule has 0 saturated heterocycles. The molecule has 6 nitrogen and oxygen atoms in total. The van der Waals surface area contributed by atoms with Gasteiger partial charge in [0.1, 0.15) is 5.69 Å². The molecule has 0 bridgehead atoms. The molecule has 2 aromatic heterocycles. The molecule has 0 aliphatic rings. The second-order valence-corrected chi connectivity index (χ2v) is 3.46. The highest BCUT2D eigenvalue weighted by molar-refractivity contribution is 5.74. The highest BCUT2D eigenvalue weighted by atomic mass is 19.4. The zero-order valence-electron chi connectivity index (χ0n) is 9.04. The van der Waals surface area contributed by atoms with Crippen LogP contribution in [0.1, 0.15) is 11.4 Å². The smallest absolute Gasteiger partial charge is 0.350 e. The number of hydrogen-bond acceptors (Lipinski definition) is 3. The molecule has 2 heterocycles. The molecule has 0 aliphatic carbocycles. The Balaban J connectivity index is 2.42. The molecule has 95 valence electrons. The summed E-state index contributed by atoms with van der Waals surface area (Å²) in [5.41, 5.74) is 3.75. The Bertz CT molecular complexity index is 598. The SMILES string of the molecule is Cc1[nH]c(-c2[c]cn(C(N)=O)n2)nc1C(F)(F)F. The number of imidazole rings is 1. The van der Waals surface area contributed by atoms with Crippen LogP contribution in [0, 0.1) is 13.0 Å². The molecule has 0 unspecified atom stereocenters. The van der Waals surface area contributed by atoms with Gasteiger partial charge in [-0.15, -0.1) is 0 Å². The number of carbonyl (C=O) groups excluding carboxylic acids is 1. The summed E-state index contributed by atoms with van der Waals surface area (Å²) in [5.74, 6) is -0.125. The Morgan fingerprint density at radius 3 is 2.67 bits per heavy atom. The van der Waals surface area contributed by atoms with Crippen LogP contribution in [0.5, 0.6) is 0 Å². The summed E-state index contributed by atoms with van der Waals surface area (Å²) >= 11 is 0. The molecule has 9 heteroatoms. The van der Waals surface area contributed by atoms with E-state index >= 15 is 0 Å². The van der Waals surface area contributed by atoms with Crippen molar-refractivity contribution in [2.24, 2.45) is 5.73 Å². The normalized spacial score (nSPS) is 11.8. The molecule has 2 rings (SSSR count). The van der Waals surface area contributed by atoms with E-state index in [1.807, 2.05) is 0 Å². The van der Waals surface area contributed by atoms with Crippen LogP contribution < -0.4 is 5.73 Å². The number of carbonyl (C=O) groups is 1. The maximum absolute atomic E-state index is 12.5. The first-order chi connectivity index (χ1) is 8.29. The molecule has 1 radical (unpaired) electrons. The predicted octanol–water partition coefficient (Wildman–Crippen LogP) is 1.33. The van der Waals surface area contributed by atoms with Crippen molar-refractivity contribution in [1.29, 1.82) is 0 Å². The van der Waals surface area contributed by atoms with Crippen molar-refractivity contribution in [3.63, 3.8) is 0 Å². The van der Waals surface area contributed by atoms with E-state index in [4.69, 9.17) is 5.73 Å². The molecule has 18 heavy (non-hydrogen) atoms. The third-order valence-corrected chi connectivity index (χ3v) is 2.13. The van der Waals surface area contributed by atoms with Gasteiger partial charge in [0.15, 0.2) is 11.5 Å². The number of aromatic nitrogens is 4. The summed E-state index contributed by atoms with van der Waals surface area (Å²) < 4.78 is 38.3. The van der Waals surface area contributed by atoms with Gasteiger partial charge in [-0.25, -0.2) is 9.78 Å². The Labute approximate surface area is 98.6 Å². The minimum Gasteiger partial charge on any atom is -0.350 e. The number of aryl methyl sites for hydroxylation is 1. The lowest BCUT2D eigenvalue weighted by molar-refractivity contribution is -0.141. The van der Waals surface area contributed by atoms with Crippen LogP contribution in [0.15, 0.2) is 6.20 Å². The maximum atomic E-state index is 12.5. The van der Waals surface area contributed by atoms with Gasteiger partial charge in [-0.3, -0.25) is 0 Å². The van der Waals surface area contributed by atoms with Crippen molar-refractivity contribution < 1.29 is 18.0 Å². The Kier molecular flexibility index (Phi) is 2.60. The molecular weight excluding hydrogens is 251 g/mol. The summed E-state index contributed by atoms with van der Waals surface area (Å²) in [7, 11) is 0. The van der Waals surface area contributed by atoms with E-state index in [0.29, 0.717) is 0 Å². The average Bonchev–Trinajstić information content (AvgIpc) is 2.81. The molecule has 1 amide bonds. The van der Waals surface area contributed by atoms with E-state index in [1.165, 1.54) is 6.92 Å². The topological polar surface area (TPSA) is 89.6 Å². The number of nitrogens with one attached hydrogen (secondary N) is 1. The van der Waals surface area contributed by atoms with Gasteiger partial charge in [0.2, 0.25) is 0 Å². The zero-order valence-corrected chi connectivity index (χ0v) is 9.04. The first-order valence-electron chi connectivity index (χ1n) is 4.70. The van der Waals surface area contributed by atoms with Gasteiger partial charge in [-0.2, -0.15) is 23.0 Å². The summed E-state index contributed by atoms with van der Waals surface area (Å²) in [6.45, 7) is 1.24. The molecule has 0 saturated carbocycles. The molecule has 0 aromatic carbocycles. The first kappa shape index (κ1) is 12.1. The lowest BCUT2D eigenvalue weighted by atomic mass is 10.3. The summed E-state index contributed by atoms with van der Waals surface area (Å²) in [6, 6.07) is 1.62. The van der Waals surface area contributed by atoms with Gasteiger partial charge in [0.25, 0.3) is 0 Å². The van der Waals surface area contributed by atoms with Crippen molar-refractivity contribution in [3.8, 4) is 11.5 Å². The van der Waals surface area contributed by atoms with E-state index < -0.39 is 17.9 Å². The summed E-state index contributed by atoms with van der Waals surface area (Å²) in [6.07, 6.45) is -3.44. The van der Waals surface area contributed by atoms with Crippen molar-refractivity contribution >= 4 is 6.03 Å². The van der Waals surface area contributed by atoms with Crippen LogP contribution in [-0.2, 0) is 6.18 Å². The summed E-state index contributed by atoms with van der Waals surface area (Å²) in [5, 5.41) is 3.64. The number of rotatable bonds is 1. The molecule has 0 aliphatic heterocycles. The largest absolute Gasteiger partial charge is 0.435 e. The van der Waals surface area contributed by atoms with Gasteiger partial charge in [-0.05, 0) is 6.92 Å². The van der Waals surface area contributed by atoms with E-state index in [0.717, 1.165) is 10.9 Å². The monoisotopic (exact) mass is 258 g/mol. The number of halogens is 3. The quantitative estimate of drug-likeness (QED) is 0.808. The number of nitrogens with two attached hydrogens (primary N) is 1. The number of primary amides is 1. The summed E-state index contributed by atoms with van der Waals surface area (Å²) in [4.78, 5) is 16.6. The number of alkyl halides is 3. The molecule has 3 N–H and O–H groups in total. The van der Waals surface area contributed by atoms with Crippen molar-refractivity contribution in [2.45, 2.75) is 13.1 Å². The molecule has 2 aromatic rings. The molecule has 0 fully saturated rings. The van der Waals surface area contributed by atoms with E-state index in [9.17, 15) is 18.0 Å². The van der Waals surface area contributed by atoms with Crippen LogP contribution in [0.2, 0.25) is 0 Å². The first-order valence-corrected chi connectivity index (χ1v) is 4.70. The Hall–Kier alpha value is -2.32. The minimum absolute atomic E-state index is 0.0209. The minimum atomic E-state index is -4.55. The fraction of sp³-hybridized carbons (Fsp3) is 0.222. The highest BCUT2D eigenvalue weighted by Crippen LogP contribution is 2.31. The lowest BCUT2D eigenvalue weighted by Crippen LogP contribution is -2.19. The van der Waals surface area contributed by atoms with Crippen LogP contribution in [0.25, 0.3) is 11.5 Å². The van der Waals surface area contributed by atoms with Gasteiger partial charge in [0.05, 0.1) is 0 Å². The second kappa shape index (κ2) is 3.86. The third kappa shape index (κ3) is 2.06. The third-order valence-electron chi connectivity index (χ3n) is 2.13. The fourth-order valence-electron chi connectivity index (χ4n) is 1.36. The van der Waals surface area contributed by atoms with Gasteiger partial charge in [-0.1, -0.05) is 0 Å². The fourth-order valence-corrected chi connectivity index (χ4v) is 1.36. The number of hydrogen-bond donors (Lipinski definition) is 2. The number of amides is 1. The highest BCUT2D eigenvalue weighted by Gasteiger charge is 2.36. The second-order valence-electron chi connectivity index (χ2n) is 3.46. The van der Waals surface area contributed by atoms with Crippen molar-refractivity contribution in [3.05, 3.63) is 23.7 Å². The molecule has 0 atom stereocenters. The van der Waals surface area contributed by atoms with Gasteiger partial charge < -0.3 is 10.7 Å². The predicted molar refractivity (Wildman–Crippen MR) is 53.4 cm³/mol. The van der Waals surface area contributed by atoms with E-state index in [1.54, 1.807) is 0 Å².